The maximum atomic E-state index is 11.2. The molecule has 24 heavy (non-hydrogen) atoms. The lowest BCUT2D eigenvalue weighted by Crippen LogP contribution is -2.43. The van der Waals surface area contributed by atoms with E-state index in [2.05, 4.69) is 33.5 Å². The summed E-state index contributed by atoms with van der Waals surface area (Å²) in [6.45, 7) is 5.80. The number of amides is 1. The van der Waals surface area contributed by atoms with Crippen molar-refractivity contribution in [3.05, 3.63) is 41.4 Å². The van der Waals surface area contributed by atoms with Crippen molar-refractivity contribution in [3.8, 4) is 0 Å². The highest BCUT2D eigenvalue weighted by atomic mass is 32.1. The Morgan fingerprint density at radius 3 is 2.83 bits per heavy atom. The predicted octanol–water partition coefficient (Wildman–Crippen LogP) is 3.42. The van der Waals surface area contributed by atoms with Gasteiger partial charge in [-0.15, -0.1) is 11.3 Å². The molecule has 2 heterocycles. The monoisotopic (exact) mass is 344 g/mol. The number of hydrogen-bond acceptors (Lipinski definition) is 5. The van der Waals surface area contributed by atoms with Crippen molar-refractivity contribution in [3.63, 3.8) is 0 Å². The molecule has 1 aliphatic rings. The minimum absolute atomic E-state index is 0.0395. The van der Waals surface area contributed by atoms with Crippen molar-refractivity contribution in [2.24, 2.45) is 0 Å². The van der Waals surface area contributed by atoms with Crippen LogP contribution in [0, 0.1) is 0 Å². The number of piperidine rings is 1. The number of anilines is 2. The van der Waals surface area contributed by atoms with Gasteiger partial charge in [0.05, 0.1) is 0 Å². The Hall–Kier alpha value is -1.92. The number of nitrogens with zero attached hydrogens (tertiary/aromatic N) is 2. The predicted molar refractivity (Wildman–Crippen MR) is 99.6 cm³/mol. The third-order valence-corrected chi connectivity index (χ3v) is 5.21. The molecule has 2 aromatic rings. The van der Waals surface area contributed by atoms with Crippen LogP contribution in [-0.2, 0) is 4.79 Å². The van der Waals surface area contributed by atoms with E-state index in [1.165, 1.54) is 12.5 Å². The fourth-order valence-electron chi connectivity index (χ4n) is 3.15. The first-order valence-electron chi connectivity index (χ1n) is 8.40. The van der Waals surface area contributed by atoms with Crippen molar-refractivity contribution >= 4 is 28.1 Å². The average Bonchev–Trinajstić information content (AvgIpc) is 3.09. The lowest BCUT2D eigenvalue weighted by atomic mass is 10.0. The quantitative estimate of drug-likeness (QED) is 0.872. The molecule has 1 aromatic carbocycles. The number of thiazole rings is 1. The summed E-state index contributed by atoms with van der Waals surface area (Å²) in [4.78, 5) is 18.0. The maximum Gasteiger partial charge on any atom is 0.221 e. The Morgan fingerprint density at radius 2 is 2.17 bits per heavy atom. The van der Waals surface area contributed by atoms with Gasteiger partial charge in [0.2, 0.25) is 5.91 Å². The Kier molecular flexibility index (Phi) is 5.48. The van der Waals surface area contributed by atoms with E-state index in [1.54, 1.807) is 11.3 Å². The number of rotatable bonds is 5. The van der Waals surface area contributed by atoms with Crippen molar-refractivity contribution < 1.29 is 4.79 Å². The lowest BCUT2D eigenvalue weighted by molar-refractivity contribution is -0.114. The molecular formula is C18H24N4OS. The minimum Gasteiger partial charge on any atom is -0.348 e. The topological polar surface area (TPSA) is 57.3 Å². The standard InChI is InChI=1S/C18H24N4OS/c1-13(15-4-3-5-17(12-15)21-14(2)23)20-16-6-9-22(10-7-16)18-19-8-11-24-18/h3-5,8,11-13,16,20H,6-7,9-10H2,1-2H3,(H,21,23)/t13-/m1/s1. The molecular weight excluding hydrogens is 320 g/mol. The molecule has 5 nitrogen and oxygen atoms in total. The fourth-order valence-corrected chi connectivity index (χ4v) is 3.85. The highest BCUT2D eigenvalue weighted by Gasteiger charge is 2.22. The molecule has 0 spiro atoms. The molecule has 0 bridgehead atoms. The first-order valence-corrected chi connectivity index (χ1v) is 9.28. The summed E-state index contributed by atoms with van der Waals surface area (Å²) in [6.07, 6.45) is 4.11. The van der Waals surface area contributed by atoms with E-state index in [9.17, 15) is 4.79 Å². The summed E-state index contributed by atoms with van der Waals surface area (Å²) in [5, 5.41) is 9.73. The molecule has 0 unspecified atom stereocenters. The van der Waals surface area contributed by atoms with Crippen LogP contribution in [0.5, 0.6) is 0 Å². The third kappa shape index (κ3) is 4.33. The van der Waals surface area contributed by atoms with Crippen LogP contribution in [-0.4, -0.2) is 30.0 Å². The number of benzene rings is 1. The highest BCUT2D eigenvalue weighted by molar-refractivity contribution is 7.13. The van der Waals surface area contributed by atoms with Gasteiger partial charge < -0.3 is 15.5 Å². The zero-order valence-corrected chi connectivity index (χ0v) is 15.0. The van der Waals surface area contributed by atoms with Gasteiger partial charge in [-0.2, -0.15) is 0 Å². The van der Waals surface area contributed by atoms with Crippen LogP contribution in [0.1, 0.15) is 38.3 Å². The zero-order chi connectivity index (χ0) is 16.9. The van der Waals surface area contributed by atoms with E-state index in [1.807, 2.05) is 29.8 Å². The maximum absolute atomic E-state index is 11.2. The lowest BCUT2D eigenvalue weighted by Gasteiger charge is -2.34. The van der Waals surface area contributed by atoms with Gasteiger partial charge in [-0.05, 0) is 37.5 Å². The molecule has 1 saturated heterocycles. The number of aromatic nitrogens is 1. The first-order chi connectivity index (χ1) is 11.6. The molecule has 1 aliphatic heterocycles. The van der Waals surface area contributed by atoms with Crippen LogP contribution >= 0.6 is 11.3 Å². The molecule has 128 valence electrons. The zero-order valence-electron chi connectivity index (χ0n) is 14.2. The average molecular weight is 344 g/mol. The van der Waals surface area contributed by atoms with Gasteiger partial charge in [-0.1, -0.05) is 12.1 Å². The van der Waals surface area contributed by atoms with E-state index in [0.717, 1.165) is 36.8 Å². The fraction of sp³-hybridized carbons (Fsp3) is 0.444. The van der Waals surface area contributed by atoms with E-state index in [0.29, 0.717) is 6.04 Å². The van der Waals surface area contributed by atoms with Gasteiger partial charge in [-0.25, -0.2) is 4.98 Å². The van der Waals surface area contributed by atoms with E-state index in [4.69, 9.17) is 0 Å². The summed E-state index contributed by atoms with van der Waals surface area (Å²) in [6, 6.07) is 8.83. The molecule has 1 atom stereocenters. The molecule has 1 fully saturated rings. The molecule has 3 rings (SSSR count). The summed E-state index contributed by atoms with van der Waals surface area (Å²) in [5.41, 5.74) is 2.05. The Labute approximate surface area is 147 Å². The second-order valence-corrected chi connectivity index (χ2v) is 7.14. The van der Waals surface area contributed by atoms with Crippen LogP contribution in [0.25, 0.3) is 0 Å². The van der Waals surface area contributed by atoms with Crippen LogP contribution in [0.4, 0.5) is 10.8 Å². The van der Waals surface area contributed by atoms with Gasteiger partial charge >= 0.3 is 0 Å². The second kappa shape index (κ2) is 7.77. The largest absolute Gasteiger partial charge is 0.348 e. The molecule has 2 N–H and O–H groups in total. The van der Waals surface area contributed by atoms with E-state index in [-0.39, 0.29) is 11.9 Å². The normalized spacial score (nSPS) is 16.8. The van der Waals surface area contributed by atoms with Crippen LogP contribution in [0.2, 0.25) is 0 Å². The van der Waals surface area contributed by atoms with Crippen molar-refractivity contribution in [1.29, 1.82) is 0 Å². The summed E-state index contributed by atoms with van der Waals surface area (Å²) in [7, 11) is 0. The molecule has 0 radical (unpaired) electrons. The number of carbonyl (C=O) groups excluding carboxylic acids is 1. The number of hydrogen-bond donors (Lipinski definition) is 2. The molecule has 0 aliphatic carbocycles. The smallest absolute Gasteiger partial charge is 0.221 e. The van der Waals surface area contributed by atoms with Gasteiger partial charge in [0, 0.05) is 49.4 Å². The van der Waals surface area contributed by atoms with Crippen molar-refractivity contribution in [2.75, 3.05) is 23.3 Å². The van der Waals surface area contributed by atoms with E-state index < -0.39 is 0 Å². The molecule has 1 amide bonds. The minimum atomic E-state index is -0.0395. The summed E-state index contributed by atoms with van der Waals surface area (Å²) in [5.74, 6) is -0.0395. The second-order valence-electron chi connectivity index (χ2n) is 6.27. The number of nitrogens with one attached hydrogen (secondary N) is 2. The van der Waals surface area contributed by atoms with Crippen LogP contribution in [0.15, 0.2) is 35.8 Å². The van der Waals surface area contributed by atoms with Gasteiger partial charge in [0.1, 0.15) is 0 Å². The number of carbonyl (C=O) groups is 1. The Morgan fingerprint density at radius 1 is 1.38 bits per heavy atom. The van der Waals surface area contributed by atoms with Gasteiger partial charge in [0.25, 0.3) is 0 Å². The molecule has 0 saturated carbocycles. The molecule has 6 heteroatoms. The first kappa shape index (κ1) is 16.9. The van der Waals surface area contributed by atoms with Crippen molar-refractivity contribution in [1.82, 2.24) is 10.3 Å². The Balaban J connectivity index is 1.54. The SMILES string of the molecule is CC(=O)Nc1cccc([C@@H](C)NC2CCN(c3nccs3)CC2)c1. The van der Waals surface area contributed by atoms with Crippen LogP contribution in [0.3, 0.4) is 0 Å². The highest BCUT2D eigenvalue weighted by Crippen LogP contribution is 2.24. The van der Waals surface area contributed by atoms with Gasteiger partial charge in [0.15, 0.2) is 5.13 Å². The summed E-state index contributed by atoms with van der Waals surface area (Å²) >= 11 is 1.71. The summed E-state index contributed by atoms with van der Waals surface area (Å²) < 4.78 is 0. The third-order valence-electron chi connectivity index (χ3n) is 4.38. The van der Waals surface area contributed by atoms with Crippen molar-refractivity contribution in [2.45, 2.75) is 38.8 Å². The van der Waals surface area contributed by atoms with Gasteiger partial charge in [-0.3, -0.25) is 4.79 Å². The molecule has 1 aromatic heterocycles. The van der Waals surface area contributed by atoms with E-state index >= 15 is 0 Å². The Bertz CT molecular complexity index is 665. The van der Waals surface area contributed by atoms with Crippen LogP contribution < -0.4 is 15.5 Å².